The van der Waals surface area contributed by atoms with Crippen LogP contribution in [-0.2, 0) is 0 Å². The minimum absolute atomic E-state index is 0.380. The van der Waals surface area contributed by atoms with E-state index in [1.165, 1.54) is 0 Å². The highest BCUT2D eigenvalue weighted by atomic mass is 16.5. The second-order valence-corrected chi connectivity index (χ2v) is 5.46. The molecule has 0 aliphatic heterocycles. The van der Waals surface area contributed by atoms with Crippen LogP contribution in [0.15, 0.2) is 47.0 Å². The van der Waals surface area contributed by atoms with Gasteiger partial charge in [-0.25, -0.2) is 0 Å². The van der Waals surface area contributed by atoms with Gasteiger partial charge in [0.25, 0.3) is 5.89 Å². The number of nitrogens with zero attached hydrogens (tertiary/aromatic N) is 2. The minimum atomic E-state index is -0.398. The Labute approximate surface area is 151 Å². The van der Waals surface area contributed by atoms with Crippen LogP contribution in [0.3, 0.4) is 0 Å². The van der Waals surface area contributed by atoms with Gasteiger partial charge in [-0.2, -0.15) is 4.98 Å². The molecule has 7 nitrogen and oxygen atoms in total. The van der Waals surface area contributed by atoms with Crippen LogP contribution in [0.4, 0.5) is 0 Å². The van der Waals surface area contributed by atoms with E-state index >= 15 is 0 Å². The molecule has 0 unspecified atom stereocenters. The molecule has 0 N–H and O–H groups in total. The Hall–Kier alpha value is -3.22. The first kappa shape index (κ1) is 17.6. The maximum atomic E-state index is 5.83. The lowest BCUT2D eigenvalue weighted by Crippen LogP contribution is -2.03. The van der Waals surface area contributed by atoms with Crippen LogP contribution < -0.4 is 18.9 Å². The maximum absolute atomic E-state index is 5.83. The quantitative estimate of drug-likeness (QED) is 0.635. The van der Waals surface area contributed by atoms with E-state index in [-0.39, 0.29) is 0 Å². The molecule has 26 heavy (non-hydrogen) atoms. The highest BCUT2D eigenvalue weighted by Crippen LogP contribution is 2.32. The Kier molecular flexibility index (Phi) is 5.26. The summed E-state index contributed by atoms with van der Waals surface area (Å²) in [5, 5.41) is 4.02. The van der Waals surface area contributed by atoms with Crippen LogP contribution >= 0.6 is 0 Å². The average Bonchev–Trinajstić information content (AvgIpc) is 3.18. The van der Waals surface area contributed by atoms with E-state index in [9.17, 15) is 0 Å². The van der Waals surface area contributed by atoms with Crippen molar-refractivity contribution in [1.29, 1.82) is 0 Å². The number of ether oxygens (including phenoxy) is 4. The van der Waals surface area contributed by atoms with Crippen molar-refractivity contribution in [2.45, 2.75) is 13.0 Å². The van der Waals surface area contributed by atoms with Crippen molar-refractivity contribution in [3.8, 4) is 34.4 Å². The molecular formula is C19H20N2O5. The molecule has 7 heteroatoms. The van der Waals surface area contributed by atoms with Gasteiger partial charge in [-0.3, -0.25) is 0 Å². The predicted molar refractivity (Wildman–Crippen MR) is 94.9 cm³/mol. The molecular weight excluding hydrogens is 336 g/mol. The van der Waals surface area contributed by atoms with Gasteiger partial charge in [0.1, 0.15) is 11.5 Å². The number of methoxy groups -OCH3 is 3. The standard InChI is InChI=1S/C19H20N2O5/c1-12(25-15-8-6-14(22-2)7-9-15)19-20-18(21-26-19)13-5-10-16(23-3)17(11-13)24-4/h5-12H,1-4H3/t12-/m1/s1. The summed E-state index contributed by atoms with van der Waals surface area (Å²) in [7, 11) is 4.78. The van der Waals surface area contributed by atoms with Crippen LogP contribution in [0, 0.1) is 0 Å². The lowest BCUT2D eigenvalue weighted by atomic mass is 10.2. The number of hydrogen-bond donors (Lipinski definition) is 0. The van der Waals surface area contributed by atoms with Crippen molar-refractivity contribution < 1.29 is 23.5 Å². The molecule has 0 radical (unpaired) electrons. The third-order valence-electron chi connectivity index (χ3n) is 3.80. The highest BCUT2D eigenvalue weighted by Gasteiger charge is 2.18. The van der Waals surface area contributed by atoms with Crippen molar-refractivity contribution in [2.24, 2.45) is 0 Å². The molecule has 0 bridgehead atoms. The van der Waals surface area contributed by atoms with E-state index in [0.29, 0.717) is 29.0 Å². The fourth-order valence-electron chi connectivity index (χ4n) is 2.40. The number of benzene rings is 2. The monoisotopic (exact) mass is 356 g/mol. The second-order valence-electron chi connectivity index (χ2n) is 5.46. The van der Waals surface area contributed by atoms with Crippen LogP contribution in [0.5, 0.6) is 23.0 Å². The van der Waals surface area contributed by atoms with Gasteiger partial charge in [-0.1, -0.05) is 5.16 Å². The lowest BCUT2D eigenvalue weighted by molar-refractivity contribution is 0.175. The third-order valence-corrected chi connectivity index (χ3v) is 3.80. The summed E-state index contributed by atoms with van der Waals surface area (Å²) >= 11 is 0. The first-order valence-electron chi connectivity index (χ1n) is 8.01. The molecule has 1 atom stereocenters. The molecule has 0 saturated carbocycles. The number of rotatable bonds is 7. The van der Waals surface area contributed by atoms with E-state index in [4.69, 9.17) is 23.5 Å². The van der Waals surface area contributed by atoms with Gasteiger partial charge in [0, 0.05) is 5.56 Å². The van der Waals surface area contributed by atoms with Crippen LogP contribution in [0.2, 0.25) is 0 Å². The summed E-state index contributed by atoms with van der Waals surface area (Å²) < 4.78 is 26.8. The molecule has 0 saturated heterocycles. The van der Waals surface area contributed by atoms with Crippen molar-refractivity contribution in [3.05, 3.63) is 48.4 Å². The zero-order valence-electron chi connectivity index (χ0n) is 15.1. The molecule has 0 fully saturated rings. The first-order chi connectivity index (χ1) is 12.6. The molecule has 3 aromatic rings. The summed E-state index contributed by atoms with van der Waals surface area (Å²) in [5.74, 6) is 3.51. The molecule has 0 amide bonds. The third kappa shape index (κ3) is 3.72. The van der Waals surface area contributed by atoms with Gasteiger partial charge >= 0.3 is 0 Å². The van der Waals surface area contributed by atoms with Crippen LogP contribution in [-0.4, -0.2) is 31.5 Å². The summed E-state index contributed by atoms with van der Waals surface area (Å²) in [4.78, 5) is 4.42. The fraction of sp³-hybridized carbons (Fsp3) is 0.263. The van der Waals surface area contributed by atoms with Crippen LogP contribution in [0.25, 0.3) is 11.4 Å². The molecule has 136 valence electrons. The lowest BCUT2D eigenvalue weighted by Gasteiger charge is -2.11. The zero-order chi connectivity index (χ0) is 18.5. The summed E-state index contributed by atoms with van der Waals surface area (Å²) in [6.45, 7) is 1.84. The maximum Gasteiger partial charge on any atom is 0.267 e. The number of aromatic nitrogens is 2. The summed E-state index contributed by atoms with van der Waals surface area (Å²) in [6, 6.07) is 12.7. The zero-order valence-corrected chi connectivity index (χ0v) is 15.1. The van der Waals surface area contributed by atoms with E-state index in [0.717, 1.165) is 11.3 Å². The Morgan fingerprint density at radius 2 is 1.54 bits per heavy atom. The van der Waals surface area contributed by atoms with Gasteiger partial charge in [0.15, 0.2) is 17.6 Å². The van der Waals surface area contributed by atoms with E-state index < -0.39 is 6.10 Å². The van der Waals surface area contributed by atoms with Gasteiger partial charge in [-0.05, 0) is 49.4 Å². The summed E-state index contributed by atoms with van der Waals surface area (Å²) in [6.07, 6.45) is -0.398. The second kappa shape index (κ2) is 7.77. The molecule has 0 spiro atoms. The van der Waals surface area contributed by atoms with Crippen molar-refractivity contribution in [2.75, 3.05) is 21.3 Å². The molecule has 0 aliphatic rings. The topological polar surface area (TPSA) is 75.8 Å². The van der Waals surface area contributed by atoms with Gasteiger partial charge in [-0.15, -0.1) is 0 Å². The van der Waals surface area contributed by atoms with E-state index in [1.807, 2.05) is 37.3 Å². The minimum Gasteiger partial charge on any atom is -0.497 e. The Balaban J connectivity index is 1.76. The Bertz CT molecular complexity index is 861. The molecule has 3 rings (SSSR count). The molecule has 2 aromatic carbocycles. The normalized spacial score (nSPS) is 11.7. The summed E-state index contributed by atoms with van der Waals surface area (Å²) in [5.41, 5.74) is 0.759. The number of hydrogen-bond acceptors (Lipinski definition) is 7. The first-order valence-corrected chi connectivity index (χ1v) is 8.01. The average molecular weight is 356 g/mol. The molecule has 0 aliphatic carbocycles. The fourth-order valence-corrected chi connectivity index (χ4v) is 2.40. The Morgan fingerprint density at radius 1 is 0.846 bits per heavy atom. The SMILES string of the molecule is COc1ccc(O[C@H](C)c2nc(-c3ccc(OC)c(OC)c3)no2)cc1. The molecule has 1 aromatic heterocycles. The van der Waals surface area contributed by atoms with Gasteiger partial charge in [0.2, 0.25) is 5.82 Å². The van der Waals surface area contributed by atoms with E-state index in [1.54, 1.807) is 33.5 Å². The highest BCUT2D eigenvalue weighted by molar-refractivity contribution is 5.60. The van der Waals surface area contributed by atoms with E-state index in [2.05, 4.69) is 10.1 Å². The van der Waals surface area contributed by atoms with Crippen LogP contribution in [0.1, 0.15) is 18.9 Å². The Morgan fingerprint density at radius 3 is 2.19 bits per heavy atom. The van der Waals surface area contributed by atoms with Crippen molar-refractivity contribution >= 4 is 0 Å². The smallest absolute Gasteiger partial charge is 0.267 e. The van der Waals surface area contributed by atoms with Crippen molar-refractivity contribution in [1.82, 2.24) is 10.1 Å². The molecule has 1 heterocycles. The van der Waals surface area contributed by atoms with Gasteiger partial charge in [0.05, 0.1) is 21.3 Å². The largest absolute Gasteiger partial charge is 0.497 e. The van der Waals surface area contributed by atoms with Gasteiger partial charge < -0.3 is 23.5 Å². The predicted octanol–water partition coefficient (Wildman–Crippen LogP) is 3.90. The van der Waals surface area contributed by atoms with Crippen molar-refractivity contribution in [3.63, 3.8) is 0 Å².